The van der Waals surface area contributed by atoms with E-state index in [1.165, 1.54) is 0 Å². The zero-order valence-electron chi connectivity index (χ0n) is 16.8. The molecule has 10 heteroatoms. The van der Waals surface area contributed by atoms with E-state index in [2.05, 4.69) is 20.2 Å². The number of aromatic nitrogens is 4. The highest BCUT2D eigenvalue weighted by molar-refractivity contribution is 5.68. The van der Waals surface area contributed by atoms with Crippen molar-refractivity contribution in [1.82, 2.24) is 19.9 Å². The molecule has 1 fully saturated rings. The second kappa shape index (κ2) is 8.78. The van der Waals surface area contributed by atoms with Gasteiger partial charge < -0.3 is 30.2 Å². The molecule has 1 aliphatic heterocycles. The zero-order chi connectivity index (χ0) is 20.9. The molecule has 3 N–H and O–H groups in total. The number of anilines is 4. The van der Waals surface area contributed by atoms with Gasteiger partial charge in [0.2, 0.25) is 11.9 Å². The molecule has 0 bridgehead atoms. The first-order valence-electron chi connectivity index (χ1n) is 9.45. The van der Waals surface area contributed by atoms with Crippen molar-refractivity contribution >= 4 is 23.4 Å². The molecular formula is C20H23N7O3. The van der Waals surface area contributed by atoms with Crippen molar-refractivity contribution in [1.29, 1.82) is 0 Å². The Morgan fingerprint density at radius 2 is 1.73 bits per heavy atom. The lowest BCUT2D eigenvalue weighted by Crippen LogP contribution is -2.37. The summed E-state index contributed by atoms with van der Waals surface area (Å²) in [7, 11) is 3.20. The number of ether oxygens (including phenoxy) is 3. The van der Waals surface area contributed by atoms with Crippen molar-refractivity contribution in [2.45, 2.75) is 0 Å². The molecule has 0 aliphatic carbocycles. The van der Waals surface area contributed by atoms with E-state index in [-0.39, 0.29) is 5.95 Å². The Morgan fingerprint density at radius 1 is 1.00 bits per heavy atom. The molecule has 30 heavy (non-hydrogen) atoms. The Morgan fingerprint density at radius 3 is 2.43 bits per heavy atom. The predicted octanol–water partition coefficient (Wildman–Crippen LogP) is 2.11. The fourth-order valence-electron chi connectivity index (χ4n) is 3.08. The summed E-state index contributed by atoms with van der Waals surface area (Å²) in [4.78, 5) is 19.7. The quantitative estimate of drug-likeness (QED) is 0.626. The molecule has 10 nitrogen and oxygen atoms in total. The van der Waals surface area contributed by atoms with E-state index in [1.54, 1.807) is 26.6 Å². The maximum atomic E-state index is 5.62. The van der Waals surface area contributed by atoms with Gasteiger partial charge in [-0.05, 0) is 12.1 Å². The molecule has 1 aromatic carbocycles. The van der Waals surface area contributed by atoms with Crippen molar-refractivity contribution in [3.05, 3.63) is 36.7 Å². The molecule has 0 spiro atoms. The Balaban J connectivity index is 1.70. The van der Waals surface area contributed by atoms with Crippen molar-refractivity contribution in [2.24, 2.45) is 0 Å². The number of methoxy groups -OCH3 is 2. The Labute approximate surface area is 174 Å². The Bertz CT molecular complexity index is 1010. The van der Waals surface area contributed by atoms with Gasteiger partial charge in [0.05, 0.1) is 33.1 Å². The van der Waals surface area contributed by atoms with Gasteiger partial charge in [0, 0.05) is 48.9 Å². The highest BCUT2D eigenvalue weighted by Gasteiger charge is 2.17. The van der Waals surface area contributed by atoms with Crippen LogP contribution in [0.15, 0.2) is 36.7 Å². The lowest BCUT2D eigenvalue weighted by Gasteiger charge is -2.27. The molecule has 1 aliphatic rings. The molecule has 0 atom stereocenters. The third kappa shape index (κ3) is 4.33. The van der Waals surface area contributed by atoms with Crippen LogP contribution in [0.5, 0.6) is 11.5 Å². The van der Waals surface area contributed by atoms with Gasteiger partial charge in [0.25, 0.3) is 0 Å². The summed E-state index contributed by atoms with van der Waals surface area (Å²) in [6.07, 6.45) is 3.29. The molecule has 156 valence electrons. The van der Waals surface area contributed by atoms with E-state index in [1.807, 2.05) is 24.3 Å². The van der Waals surface area contributed by atoms with Crippen LogP contribution in [0.2, 0.25) is 0 Å². The molecule has 4 rings (SSSR count). The molecule has 3 aromatic rings. The zero-order valence-corrected chi connectivity index (χ0v) is 16.8. The third-order valence-corrected chi connectivity index (χ3v) is 4.63. The lowest BCUT2D eigenvalue weighted by molar-refractivity contribution is 0.122. The summed E-state index contributed by atoms with van der Waals surface area (Å²) in [5.41, 5.74) is 7.86. The van der Waals surface area contributed by atoms with Crippen LogP contribution in [0.25, 0.3) is 11.3 Å². The SMILES string of the molecule is COc1ccc(Nc2cc(-c3cnc(N)nc3)nc(N3CCOCC3)n2)cc1OC. The minimum Gasteiger partial charge on any atom is -0.493 e. The molecule has 0 radical (unpaired) electrons. The van der Waals surface area contributed by atoms with Crippen LogP contribution in [0.1, 0.15) is 0 Å². The molecule has 0 saturated carbocycles. The fourth-order valence-corrected chi connectivity index (χ4v) is 3.08. The normalized spacial score (nSPS) is 13.7. The summed E-state index contributed by atoms with van der Waals surface area (Å²) in [5, 5.41) is 3.32. The third-order valence-electron chi connectivity index (χ3n) is 4.63. The van der Waals surface area contributed by atoms with Crippen molar-refractivity contribution < 1.29 is 14.2 Å². The van der Waals surface area contributed by atoms with Gasteiger partial charge >= 0.3 is 0 Å². The lowest BCUT2D eigenvalue weighted by atomic mass is 10.2. The van der Waals surface area contributed by atoms with E-state index >= 15 is 0 Å². The largest absolute Gasteiger partial charge is 0.493 e. The Hall–Kier alpha value is -3.66. The second-order valence-corrected chi connectivity index (χ2v) is 6.56. The highest BCUT2D eigenvalue weighted by atomic mass is 16.5. The summed E-state index contributed by atoms with van der Waals surface area (Å²) in [6.45, 7) is 2.71. The van der Waals surface area contributed by atoms with Crippen LogP contribution in [0.3, 0.4) is 0 Å². The summed E-state index contributed by atoms with van der Waals surface area (Å²) >= 11 is 0. The Kier molecular flexibility index (Phi) is 5.75. The average molecular weight is 409 g/mol. The minimum absolute atomic E-state index is 0.213. The molecule has 0 unspecified atom stereocenters. The number of benzene rings is 1. The van der Waals surface area contributed by atoms with Gasteiger partial charge in [0.15, 0.2) is 11.5 Å². The van der Waals surface area contributed by atoms with Crippen LogP contribution in [-0.4, -0.2) is 60.5 Å². The van der Waals surface area contributed by atoms with Crippen LogP contribution >= 0.6 is 0 Å². The average Bonchev–Trinajstić information content (AvgIpc) is 2.80. The first-order valence-corrected chi connectivity index (χ1v) is 9.45. The van der Waals surface area contributed by atoms with Crippen molar-refractivity contribution in [3.8, 4) is 22.8 Å². The van der Waals surface area contributed by atoms with Gasteiger partial charge in [-0.1, -0.05) is 0 Å². The topological polar surface area (TPSA) is 121 Å². The molecule has 3 heterocycles. The van der Waals surface area contributed by atoms with E-state index in [0.29, 0.717) is 42.2 Å². The molecular weight excluding hydrogens is 386 g/mol. The summed E-state index contributed by atoms with van der Waals surface area (Å²) in [5.74, 6) is 2.72. The van der Waals surface area contributed by atoms with E-state index in [0.717, 1.165) is 24.3 Å². The maximum Gasteiger partial charge on any atom is 0.228 e. The van der Waals surface area contributed by atoms with Gasteiger partial charge in [-0.25, -0.2) is 15.0 Å². The molecule has 1 saturated heterocycles. The summed E-state index contributed by atoms with van der Waals surface area (Å²) in [6, 6.07) is 7.42. The predicted molar refractivity (Wildman–Crippen MR) is 113 cm³/mol. The van der Waals surface area contributed by atoms with Gasteiger partial charge in [-0.2, -0.15) is 4.98 Å². The second-order valence-electron chi connectivity index (χ2n) is 6.56. The van der Waals surface area contributed by atoms with Crippen molar-refractivity contribution in [3.63, 3.8) is 0 Å². The minimum atomic E-state index is 0.213. The van der Waals surface area contributed by atoms with Crippen LogP contribution in [0.4, 0.5) is 23.4 Å². The number of nitrogens with one attached hydrogen (secondary N) is 1. The van der Waals surface area contributed by atoms with E-state index < -0.39 is 0 Å². The molecule has 2 aromatic heterocycles. The first-order chi connectivity index (χ1) is 14.7. The van der Waals surface area contributed by atoms with Crippen molar-refractivity contribution in [2.75, 3.05) is 56.5 Å². The van der Waals surface area contributed by atoms with Crippen LogP contribution < -0.4 is 25.4 Å². The fraction of sp³-hybridized carbons (Fsp3) is 0.300. The van der Waals surface area contributed by atoms with Gasteiger partial charge in [0.1, 0.15) is 5.82 Å². The number of hydrogen-bond donors (Lipinski definition) is 2. The molecule has 0 amide bonds. The number of nitrogens with two attached hydrogens (primary N) is 1. The smallest absolute Gasteiger partial charge is 0.228 e. The first kappa shape index (κ1) is 19.6. The van der Waals surface area contributed by atoms with E-state index in [9.17, 15) is 0 Å². The monoisotopic (exact) mass is 409 g/mol. The van der Waals surface area contributed by atoms with Gasteiger partial charge in [-0.15, -0.1) is 0 Å². The van der Waals surface area contributed by atoms with E-state index in [4.69, 9.17) is 29.9 Å². The number of hydrogen-bond acceptors (Lipinski definition) is 10. The standard InChI is InChI=1S/C20H23N7O3/c1-28-16-4-3-14(9-17(16)29-2)24-18-10-15(13-11-22-19(21)23-12-13)25-20(26-18)27-5-7-30-8-6-27/h3-4,9-12H,5-8H2,1-2H3,(H2,21,22,23)(H,24,25,26). The summed E-state index contributed by atoms with van der Waals surface area (Å²) < 4.78 is 16.1. The maximum absolute atomic E-state index is 5.62. The van der Waals surface area contributed by atoms with Crippen LogP contribution in [-0.2, 0) is 4.74 Å². The van der Waals surface area contributed by atoms with Crippen LogP contribution in [0, 0.1) is 0 Å². The number of morpholine rings is 1. The number of rotatable bonds is 6. The number of nitrogens with zero attached hydrogens (tertiary/aromatic N) is 5. The highest BCUT2D eigenvalue weighted by Crippen LogP contribution is 2.32. The number of nitrogen functional groups attached to an aromatic ring is 1. The van der Waals surface area contributed by atoms with Gasteiger partial charge in [-0.3, -0.25) is 0 Å².